The van der Waals surface area contributed by atoms with Gasteiger partial charge in [0, 0.05) is 28.6 Å². The van der Waals surface area contributed by atoms with E-state index >= 15 is 0 Å². The second-order valence-corrected chi connectivity index (χ2v) is 6.23. The minimum Gasteiger partial charge on any atom is -0.466 e. The molecule has 0 saturated heterocycles. The topological polar surface area (TPSA) is 81.2 Å². The number of amides is 1. The summed E-state index contributed by atoms with van der Waals surface area (Å²) in [6.07, 6.45) is 4.98. The Morgan fingerprint density at radius 3 is 2.96 bits per heavy atom. The molecule has 3 rings (SSSR count). The van der Waals surface area contributed by atoms with Gasteiger partial charge in [-0.1, -0.05) is 24.3 Å². The molecule has 7 heteroatoms. The van der Waals surface area contributed by atoms with Crippen LogP contribution in [0, 0.1) is 0 Å². The van der Waals surface area contributed by atoms with E-state index in [1.54, 1.807) is 24.6 Å². The van der Waals surface area contributed by atoms with Gasteiger partial charge in [0.15, 0.2) is 5.13 Å². The molecule has 0 fully saturated rings. The summed E-state index contributed by atoms with van der Waals surface area (Å²) in [7, 11) is 0. The SMILES string of the molecule is CCOC(=O)Cc1csc(NC(=O)/C=C/c2cccc3cccnc23)n1. The van der Waals surface area contributed by atoms with Crippen LogP contribution in [-0.2, 0) is 20.7 Å². The first-order chi connectivity index (χ1) is 12.7. The third kappa shape index (κ3) is 4.52. The number of nitrogens with one attached hydrogen (secondary N) is 1. The van der Waals surface area contributed by atoms with Gasteiger partial charge in [-0.2, -0.15) is 0 Å². The molecule has 132 valence electrons. The molecule has 6 nitrogen and oxygen atoms in total. The van der Waals surface area contributed by atoms with Crippen molar-refractivity contribution in [3.05, 3.63) is 59.2 Å². The van der Waals surface area contributed by atoms with Gasteiger partial charge >= 0.3 is 5.97 Å². The van der Waals surface area contributed by atoms with Crippen LogP contribution >= 0.6 is 11.3 Å². The molecule has 0 saturated carbocycles. The molecule has 0 bridgehead atoms. The van der Waals surface area contributed by atoms with Crippen LogP contribution in [0.2, 0.25) is 0 Å². The van der Waals surface area contributed by atoms with Gasteiger partial charge in [0.25, 0.3) is 0 Å². The number of fused-ring (bicyclic) bond motifs is 1. The second-order valence-electron chi connectivity index (χ2n) is 5.37. The number of para-hydroxylation sites is 1. The third-order valence-electron chi connectivity index (χ3n) is 3.49. The van der Waals surface area contributed by atoms with Crippen molar-refractivity contribution in [2.24, 2.45) is 0 Å². The number of esters is 1. The molecular formula is C19H17N3O3S. The van der Waals surface area contributed by atoms with Gasteiger partial charge in [-0.25, -0.2) is 4.98 Å². The van der Waals surface area contributed by atoms with E-state index < -0.39 is 0 Å². The number of hydrogen-bond donors (Lipinski definition) is 1. The number of carbonyl (C=O) groups excluding carboxylic acids is 2. The summed E-state index contributed by atoms with van der Waals surface area (Å²) >= 11 is 1.27. The fourth-order valence-corrected chi connectivity index (χ4v) is 3.09. The van der Waals surface area contributed by atoms with Crippen LogP contribution in [0.5, 0.6) is 0 Å². The summed E-state index contributed by atoms with van der Waals surface area (Å²) < 4.78 is 4.88. The van der Waals surface area contributed by atoms with E-state index in [1.165, 1.54) is 17.4 Å². The smallest absolute Gasteiger partial charge is 0.311 e. The van der Waals surface area contributed by atoms with Crippen molar-refractivity contribution < 1.29 is 14.3 Å². The molecule has 0 atom stereocenters. The molecule has 3 aromatic rings. The molecule has 0 spiro atoms. The highest BCUT2D eigenvalue weighted by molar-refractivity contribution is 7.14. The van der Waals surface area contributed by atoms with Crippen LogP contribution in [0.3, 0.4) is 0 Å². The van der Waals surface area contributed by atoms with Gasteiger partial charge in [0.2, 0.25) is 5.91 Å². The van der Waals surface area contributed by atoms with Crippen LogP contribution in [0.4, 0.5) is 5.13 Å². The minimum atomic E-state index is -0.334. The van der Waals surface area contributed by atoms with Crippen molar-refractivity contribution >= 4 is 45.3 Å². The average molecular weight is 367 g/mol. The average Bonchev–Trinajstić information content (AvgIpc) is 3.06. The first kappa shape index (κ1) is 17.8. The van der Waals surface area contributed by atoms with Crippen LogP contribution < -0.4 is 5.32 Å². The molecule has 2 heterocycles. The zero-order valence-corrected chi connectivity index (χ0v) is 15.0. The van der Waals surface area contributed by atoms with Gasteiger partial charge in [-0.15, -0.1) is 11.3 Å². The normalized spacial score (nSPS) is 11.0. The number of carbonyl (C=O) groups is 2. The lowest BCUT2D eigenvalue weighted by atomic mass is 10.1. The van der Waals surface area contributed by atoms with Gasteiger partial charge in [0.1, 0.15) is 0 Å². The van der Waals surface area contributed by atoms with Crippen molar-refractivity contribution in [1.29, 1.82) is 0 Å². The number of ether oxygens (including phenoxy) is 1. The number of thiazole rings is 1. The number of aromatic nitrogens is 2. The first-order valence-corrected chi connectivity index (χ1v) is 8.96. The number of anilines is 1. The lowest BCUT2D eigenvalue weighted by Gasteiger charge is -2.01. The highest BCUT2D eigenvalue weighted by Crippen LogP contribution is 2.18. The van der Waals surface area contributed by atoms with E-state index in [0.29, 0.717) is 17.4 Å². The van der Waals surface area contributed by atoms with Crippen LogP contribution in [-0.4, -0.2) is 28.5 Å². The maximum absolute atomic E-state index is 12.1. The molecule has 0 aliphatic heterocycles. The van der Waals surface area contributed by atoms with E-state index in [0.717, 1.165) is 16.5 Å². The summed E-state index contributed by atoms with van der Waals surface area (Å²) in [5.41, 5.74) is 2.27. The maximum Gasteiger partial charge on any atom is 0.311 e. The molecule has 1 amide bonds. The van der Waals surface area contributed by atoms with E-state index in [-0.39, 0.29) is 18.3 Å². The zero-order valence-electron chi connectivity index (χ0n) is 14.1. The summed E-state index contributed by atoms with van der Waals surface area (Å²) in [6.45, 7) is 2.09. The molecule has 1 N–H and O–H groups in total. The Bertz CT molecular complexity index is 960. The Morgan fingerprint density at radius 2 is 2.12 bits per heavy atom. The van der Waals surface area contributed by atoms with Gasteiger partial charge in [-0.05, 0) is 19.1 Å². The Kier molecular flexibility index (Phi) is 5.70. The summed E-state index contributed by atoms with van der Waals surface area (Å²) in [5, 5.41) is 5.87. The van der Waals surface area contributed by atoms with Crippen LogP contribution in [0.25, 0.3) is 17.0 Å². The Balaban J connectivity index is 1.64. The number of hydrogen-bond acceptors (Lipinski definition) is 6. The number of nitrogens with zero attached hydrogens (tertiary/aromatic N) is 2. The van der Waals surface area contributed by atoms with E-state index in [1.807, 2.05) is 30.3 Å². The zero-order chi connectivity index (χ0) is 18.4. The van der Waals surface area contributed by atoms with Crippen molar-refractivity contribution in [1.82, 2.24) is 9.97 Å². The third-order valence-corrected chi connectivity index (χ3v) is 4.30. The number of rotatable bonds is 6. The van der Waals surface area contributed by atoms with Crippen LogP contribution in [0.1, 0.15) is 18.2 Å². The lowest BCUT2D eigenvalue weighted by Crippen LogP contribution is -2.09. The molecule has 26 heavy (non-hydrogen) atoms. The lowest BCUT2D eigenvalue weighted by molar-refractivity contribution is -0.142. The monoisotopic (exact) mass is 367 g/mol. The van der Waals surface area contributed by atoms with Crippen molar-refractivity contribution in [2.75, 3.05) is 11.9 Å². The quantitative estimate of drug-likeness (QED) is 0.533. The first-order valence-electron chi connectivity index (χ1n) is 8.08. The highest BCUT2D eigenvalue weighted by Gasteiger charge is 2.09. The van der Waals surface area contributed by atoms with E-state index in [4.69, 9.17) is 4.74 Å². The van der Waals surface area contributed by atoms with Crippen molar-refractivity contribution in [3.63, 3.8) is 0 Å². The fraction of sp³-hybridized carbons (Fsp3) is 0.158. The Labute approximate surface area is 154 Å². The molecule has 2 aromatic heterocycles. The van der Waals surface area contributed by atoms with Gasteiger partial charge < -0.3 is 4.74 Å². The number of pyridine rings is 1. The Hall–Kier alpha value is -3.06. The molecule has 0 aliphatic rings. The van der Waals surface area contributed by atoms with E-state index in [2.05, 4.69) is 15.3 Å². The van der Waals surface area contributed by atoms with Crippen molar-refractivity contribution in [3.8, 4) is 0 Å². The van der Waals surface area contributed by atoms with Crippen LogP contribution in [0.15, 0.2) is 48.0 Å². The predicted octanol–water partition coefficient (Wildman–Crippen LogP) is 3.45. The fourth-order valence-electron chi connectivity index (χ4n) is 2.38. The maximum atomic E-state index is 12.1. The highest BCUT2D eigenvalue weighted by atomic mass is 32.1. The number of benzene rings is 1. The van der Waals surface area contributed by atoms with Crippen molar-refractivity contribution in [2.45, 2.75) is 13.3 Å². The molecule has 0 unspecified atom stereocenters. The molecular weight excluding hydrogens is 350 g/mol. The summed E-state index contributed by atoms with van der Waals surface area (Å²) in [5.74, 6) is -0.631. The predicted molar refractivity (Wildman–Crippen MR) is 102 cm³/mol. The Morgan fingerprint density at radius 1 is 1.27 bits per heavy atom. The summed E-state index contributed by atoms with van der Waals surface area (Å²) in [4.78, 5) is 32.1. The molecule has 1 aromatic carbocycles. The molecule has 0 radical (unpaired) electrons. The van der Waals surface area contributed by atoms with E-state index in [9.17, 15) is 9.59 Å². The molecule has 0 aliphatic carbocycles. The largest absolute Gasteiger partial charge is 0.466 e. The second kappa shape index (κ2) is 8.35. The van der Waals surface area contributed by atoms with Gasteiger partial charge in [0.05, 0.1) is 24.2 Å². The van der Waals surface area contributed by atoms with Gasteiger partial charge in [-0.3, -0.25) is 19.9 Å². The summed E-state index contributed by atoms with van der Waals surface area (Å²) in [6, 6.07) is 9.64. The standard InChI is InChI=1S/C19H17N3O3S/c1-2-25-17(24)11-15-12-26-19(21-15)22-16(23)9-8-14-6-3-5-13-7-4-10-20-18(13)14/h3-10,12H,2,11H2,1H3,(H,21,22,23)/b9-8+. The minimum absolute atomic E-state index is 0.0950.